The quantitative estimate of drug-likeness (QED) is 0.387. The van der Waals surface area contributed by atoms with E-state index in [1.165, 1.54) is 31.2 Å². The average molecular weight is 284 g/mol. The van der Waals surface area contributed by atoms with Gasteiger partial charge in [0.25, 0.3) is 5.69 Å². The van der Waals surface area contributed by atoms with Gasteiger partial charge in [-0.1, -0.05) is 0 Å². The second kappa shape index (κ2) is 6.10. The summed E-state index contributed by atoms with van der Waals surface area (Å²) in [6.07, 6.45) is 2.00. The molecule has 7 heteroatoms. The molecule has 0 bridgehead atoms. The molecule has 0 saturated heterocycles. The van der Waals surface area contributed by atoms with Crippen molar-refractivity contribution in [1.29, 1.82) is 0 Å². The third kappa shape index (κ3) is 3.89. The van der Waals surface area contributed by atoms with Crippen molar-refractivity contribution in [3.05, 3.63) is 45.5 Å². The Morgan fingerprint density at radius 2 is 2.11 bits per heavy atom. The maximum absolute atomic E-state index is 11.2. The highest BCUT2D eigenvalue weighted by atomic mass is 35.5. The minimum Gasteiger partial charge on any atom is -0.478 e. The summed E-state index contributed by atoms with van der Waals surface area (Å²) in [5, 5.41) is 18.3. The van der Waals surface area contributed by atoms with Crippen molar-refractivity contribution in [2.24, 2.45) is 0 Å². The van der Waals surface area contributed by atoms with E-state index in [9.17, 15) is 19.7 Å². The van der Waals surface area contributed by atoms with Crippen molar-refractivity contribution in [2.75, 3.05) is 0 Å². The van der Waals surface area contributed by atoms with E-state index < -0.39 is 16.3 Å². The third-order valence-corrected chi connectivity index (χ3v) is 2.86. The lowest BCUT2D eigenvalue weighted by Gasteiger charge is -2.09. The molecule has 0 aliphatic rings. The molecule has 1 aromatic carbocycles. The molecule has 0 aliphatic heterocycles. The standard InChI is InChI=1S/C12H10ClNO5/c1-7(15)12(13)10-4-3-9(14(18)19)6-8(10)2-5-11(16)17/h2-6,12H,1H3,(H,16,17). The molecule has 0 aromatic heterocycles. The molecule has 0 heterocycles. The molecule has 1 N–H and O–H groups in total. The first-order valence-corrected chi connectivity index (χ1v) is 5.60. The van der Waals surface area contributed by atoms with Crippen molar-refractivity contribution >= 4 is 35.1 Å². The van der Waals surface area contributed by atoms with Crippen LogP contribution >= 0.6 is 11.6 Å². The Morgan fingerprint density at radius 1 is 1.47 bits per heavy atom. The van der Waals surface area contributed by atoms with Crippen LogP contribution in [-0.2, 0) is 9.59 Å². The van der Waals surface area contributed by atoms with Gasteiger partial charge in [0.2, 0.25) is 0 Å². The van der Waals surface area contributed by atoms with Crippen molar-refractivity contribution < 1.29 is 19.6 Å². The van der Waals surface area contributed by atoms with Gasteiger partial charge in [-0.05, 0) is 30.2 Å². The molecule has 1 unspecified atom stereocenters. The molecular formula is C12H10ClNO5. The molecular weight excluding hydrogens is 274 g/mol. The maximum Gasteiger partial charge on any atom is 0.328 e. The summed E-state index contributed by atoms with van der Waals surface area (Å²) in [4.78, 5) is 31.8. The van der Waals surface area contributed by atoms with Gasteiger partial charge in [-0.3, -0.25) is 14.9 Å². The smallest absolute Gasteiger partial charge is 0.328 e. The normalized spacial score (nSPS) is 12.3. The molecule has 1 atom stereocenters. The number of nitro groups is 1. The van der Waals surface area contributed by atoms with Crippen LogP contribution < -0.4 is 0 Å². The van der Waals surface area contributed by atoms with Gasteiger partial charge >= 0.3 is 5.97 Å². The third-order valence-electron chi connectivity index (χ3n) is 2.32. The lowest BCUT2D eigenvalue weighted by atomic mass is 10.0. The largest absolute Gasteiger partial charge is 0.478 e. The van der Waals surface area contributed by atoms with Gasteiger partial charge in [0.1, 0.15) is 5.38 Å². The van der Waals surface area contributed by atoms with E-state index in [1.54, 1.807) is 0 Å². The zero-order chi connectivity index (χ0) is 14.6. The number of nitro benzene ring substituents is 1. The Labute approximate surface area is 113 Å². The van der Waals surface area contributed by atoms with Crippen LogP contribution in [0.25, 0.3) is 6.08 Å². The summed E-state index contributed by atoms with van der Waals surface area (Å²) in [6.45, 7) is 1.28. The predicted molar refractivity (Wildman–Crippen MR) is 69.0 cm³/mol. The van der Waals surface area contributed by atoms with E-state index >= 15 is 0 Å². The van der Waals surface area contributed by atoms with Crippen LogP contribution in [0, 0.1) is 10.1 Å². The molecule has 1 aromatic rings. The SMILES string of the molecule is CC(=O)C(Cl)c1ccc([N+](=O)[O-])cc1C=CC(=O)O. The number of alkyl halides is 1. The number of benzene rings is 1. The van der Waals surface area contributed by atoms with E-state index in [0.717, 1.165) is 6.08 Å². The number of Topliss-reactive ketones (excluding diaryl/α,β-unsaturated/α-hetero) is 1. The number of hydrogen-bond acceptors (Lipinski definition) is 4. The first-order valence-electron chi connectivity index (χ1n) is 5.16. The molecule has 6 nitrogen and oxygen atoms in total. The van der Waals surface area contributed by atoms with Crippen molar-refractivity contribution in [1.82, 2.24) is 0 Å². The number of carboxylic acids is 1. The summed E-state index contributed by atoms with van der Waals surface area (Å²) < 4.78 is 0. The minimum atomic E-state index is -1.20. The number of non-ortho nitro benzene ring substituents is 1. The Hall–Kier alpha value is -2.21. The summed E-state index contributed by atoms with van der Waals surface area (Å²) in [5.74, 6) is -1.54. The zero-order valence-electron chi connectivity index (χ0n) is 9.87. The molecule has 0 fully saturated rings. The number of rotatable bonds is 5. The summed E-state index contributed by atoms with van der Waals surface area (Å²) in [7, 11) is 0. The molecule has 0 aliphatic carbocycles. The molecule has 0 spiro atoms. The number of carbonyl (C=O) groups excluding carboxylic acids is 1. The second-order valence-corrected chi connectivity index (χ2v) is 4.15. The van der Waals surface area contributed by atoms with Crippen molar-refractivity contribution in [3.8, 4) is 0 Å². The Morgan fingerprint density at radius 3 is 2.58 bits per heavy atom. The number of carbonyl (C=O) groups is 2. The highest BCUT2D eigenvalue weighted by Crippen LogP contribution is 2.29. The minimum absolute atomic E-state index is 0.207. The summed E-state index contributed by atoms with van der Waals surface area (Å²) in [5.41, 5.74) is 0.352. The Kier molecular flexibility index (Phi) is 4.77. The van der Waals surface area contributed by atoms with Gasteiger partial charge in [-0.2, -0.15) is 0 Å². The lowest BCUT2D eigenvalue weighted by molar-refractivity contribution is -0.384. The molecule has 0 radical (unpaired) electrons. The highest BCUT2D eigenvalue weighted by Gasteiger charge is 2.18. The first kappa shape index (κ1) is 14.8. The van der Waals surface area contributed by atoms with Crippen molar-refractivity contribution in [2.45, 2.75) is 12.3 Å². The lowest BCUT2D eigenvalue weighted by Crippen LogP contribution is -2.04. The fourth-order valence-electron chi connectivity index (χ4n) is 1.43. The zero-order valence-corrected chi connectivity index (χ0v) is 10.6. The molecule has 19 heavy (non-hydrogen) atoms. The van der Waals surface area contributed by atoms with Crippen LogP contribution in [0.2, 0.25) is 0 Å². The van der Waals surface area contributed by atoms with Gasteiger partial charge in [0.15, 0.2) is 5.78 Å². The van der Waals surface area contributed by atoms with Crippen molar-refractivity contribution in [3.63, 3.8) is 0 Å². The number of aliphatic carboxylic acids is 1. The Bertz CT molecular complexity index is 567. The number of carboxylic acid groups (broad SMARTS) is 1. The molecule has 0 amide bonds. The van der Waals surface area contributed by atoms with Gasteiger partial charge in [-0.25, -0.2) is 4.79 Å². The first-order chi connectivity index (χ1) is 8.82. The Balaban J connectivity index is 3.33. The topological polar surface area (TPSA) is 97.5 Å². The van der Waals surface area contributed by atoms with Crippen LogP contribution in [0.5, 0.6) is 0 Å². The van der Waals surface area contributed by atoms with E-state index in [0.29, 0.717) is 5.56 Å². The van der Waals surface area contributed by atoms with Crippen LogP contribution in [-0.4, -0.2) is 21.8 Å². The summed E-state index contributed by atoms with van der Waals surface area (Å²) in [6, 6.07) is 3.73. The number of nitrogens with zero attached hydrogens (tertiary/aromatic N) is 1. The monoisotopic (exact) mass is 283 g/mol. The van der Waals surface area contributed by atoms with E-state index in [1.807, 2.05) is 0 Å². The van der Waals surface area contributed by atoms with Crippen LogP contribution in [0.3, 0.4) is 0 Å². The van der Waals surface area contributed by atoms with Gasteiger partial charge in [-0.15, -0.1) is 11.6 Å². The summed E-state index contributed by atoms with van der Waals surface area (Å²) >= 11 is 5.89. The predicted octanol–water partition coefficient (Wildman–Crippen LogP) is 2.56. The maximum atomic E-state index is 11.2. The van der Waals surface area contributed by atoms with E-state index in [-0.39, 0.29) is 17.0 Å². The van der Waals surface area contributed by atoms with Crippen LogP contribution in [0.1, 0.15) is 23.4 Å². The van der Waals surface area contributed by atoms with E-state index in [4.69, 9.17) is 16.7 Å². The highest BCUT2D eigenvalue weighted by molar-refractivity contribution is 6.31. The average Bonchev–Trinajstić information content (AvgIpc) is 2.34. The van der Waals surface area contributed by atoms with E-state index in [2.05, 4.69) is 0 Å². The molecule has 0 saturated carbocycles. The van der Waals surface area contributed by atoms with Crippen LogP contribution in [0.4, 0.5) is 5.69 Å². The number of halogens is 1. The number of hydrogen-bond donors (Lipinski definition) is 1. The van der Waals surface area contributed by atoms with Crippen LogP contribution in [0.15, 0.2) is 24.3 Å². The van der Waals surface area contributed by atoms with Gasteiger partial charge in [0, 0.05) is 18.2 Å². The molecule has 100 valence electrons. The molecule has 1 rings (SSSR count). The number of ketones is 1. The van der Waals surface area contributed by atoms with Gasteiger partial charge in [0.05, 0.1) is 4.92 Å². The second-order valence-electron chi connectivity index (χ2n) is 3.72. The fourth-order valence-corrected chi connectivity index (χ4v) is 1.63. The van der Waals surface area contributed by atoms with Gasteiger partial charge < -0.3 is 5.11 Å². The fraction of sp³-hybridized carbons (Fsp3) is 0.167.